The largest absolute Gasteiger partial charge is 0.396 e. The van der Waals surface area contributed by atoms with Gasteiger partial charge in [-0.2, -0.15) is 5.10 Å². The number of benzene rings is 1. The molecule has 3 heterocycles. The number of carbonyl (C=O) groups excluding carboxylic acids is 1. The number of amides is 1. The highest BCUT2D eigenvalue weighted by molar-refractivity contribution is 5.92. The van der Waals surface area contributed by atoms with Gasteiger partial charge in [0.2, 0.25) is 0 Å². The Morgan fingerprint density at radius 3 is 2.68 bits per heavy atom. The topological polar surface area (TPSA) is 87.8 Å². The number of likely N-dealkylation sites (N-methyl/N-ethyl adjacent to an activating group) is 1. The zero-order chi connectivity index (χ0) is 22.2. The predicted octanol–water partition coefficient (Wildman–Crippen LogP) is 2.49. The molecule has 31 heavy (non-hydrogen) atoms. The van der Waals surface area contributed by atoms with Gasteiger partial charge in [-0.15, -0.1) is 0 Å². The number of ether oxygens (including phenoxy) is 1. The van der Waals surface area contributed by atoms with Gasteiger partial charge < -0.3 is 19.8 Å². The Morgan fingerprint density at radius 1 is 1.29 bits per heavy atom. The SMILES string of the molecule is CN(C(=O)c1ccn(C)n1)[C@H]1CC[C@@]2(CCO)C[C@H](c3ccccc3)C[C@](C)(O2)[C@@H]1O. The van der Waals surface area contributed by atoms with E-state index in [-0.39, 0.29) is 18.4 Å². The first kappa shape index (κ1) is 22.0. The van der Waals surface area contributed by atoms with E-state index in [9.17, 15) is 15.0 Å². The molecule has 0 saturated carbocycles. The van der Waals surface area contributed by atoms with Crippen LogP contribution in [-0.4, -0.2) is 67.8 Å². The summed E-state index contributed by atoms with van der Waals surface area (Å²) in [6.07, 6.45) is 4.14. The maximum Gasteiger partial charge on any atom is 0.274 e. The van der Waals surface area contributed by atoms with E-state index < -0.39 is 23.3 Å². The van der Waals surface area contributed by atoms with Crippen molar-refractivity contribution in [3.05, 3.63) is 53.9 Å². The number of carbonyl (C=O) groups is 1. The molecule has 7 nitrogen and oxygen atoms in total. The Bertz CT molecular complexity index is 917. The van der Waals surface area contributed by atoms with Gasteiger partial charge in [-0.25, -0.2) is 0 Å². The highest BCUT2D eigenvalue weighted by Crippen LogP contribution is 2.51. The Hall–Kier alpha value is -2.22. The molecule has 168 valence electrons. The molecular weight excluding hydrogens is 394 g/mol. The highest BCUT2D eigenvalue weighted by Gasteiger charge is 2.55. The lowest BCUT2D eigenvalue weighted by Crippen LogP contribution is -2.58. The van der Waals surface area contributed by atoms with Crippen LogP contribution in [0.3, 0.4) is 0 Å². The second kappa shape index (κ2) is 8.37. The van der Waals surface area contributed by atoms with Crippen LogP contribution in [0.5, 0.6) is 0 Å². The van der Waals surface area contributed by atoms with E-state index in [1.54, 1.807) is 35.9 Å². The van der Waals surface area contributed by atoms with Crippen molar-refractivity contribution in [1.82, 2.24) is 14.7 Å². The summed E-state index contributed by atoms with van der Waals surface area (Å²) < 4.78 is 8.23. The zero-order valence-corrected chi connectivity index (χ0v) is 18.6. The molecule has 2 bridgehead atoms. The van der Waals surface area contributed by atoms with Crippen molar-refractivity contribution in [1.29, 1.82) is 0 Å². The number of nitrogens with zero attached hydrogens (tertiary/aromatic N) is 3. The number of rotatable bonds is 5. The summed E-state index contributed by atoms with van der Waals surface area (Å²) in [7, 11) is 3.51. The lowest BCUT2D eigenvalue weighted by Gasteiger charge is -2.50. The van der Waals surface area contributed by atoms with Crippen molar-refractivity contribution < 1.29 is 19.7 Å². The van der Waals surface area contributed by atoms with E-state index in [1.807, 2.05) is 25.1 Å². The smallest absolute Gasteiger partial charge is 0.274 e. The van der Waals surface area contributed by atoms with Crippen molar-refractivity contribution in [2.24, 2.45) is 7.05 Å². The van der Waals surface area contributed by atoms with Crippen molar-refractivity contribution in [2.45, 2.75) is 68.3 Å². The second-order valence-electron chi connectivity index (χ2n) is 9.43. The van der Waals surface area contributed by atoms with Crippen LogP contribution < -0.4 is 0 Å². The van der Waals surface area contributed by atoms with Crippen LogP contribution in [0, 0.1) is 0 Å². The fraction of sp³-hybridized carbons (Fsp3) is 0.583. The Kier molecular flexibility index (Phi) is 5.94. The molecular formula is C24H33N3O4. The summed E-state index contributed by atoms with van der Waals surface area (Å²) in [5, 5.41) is 25.6. The fourth-order valence-electron chi connectivity index (χ4n) is 5.61. The molecule has 0 unspecified atom stereocenters. The quantitative estimate of drug-likeness (QED) is 0.766. The normalized spacial score (nSPS) is 33.0. The third-order valence-corrected chi connectivity index (χ3v) is 7.19. The number of aromatic nitrogens is 2. The zero-order valence-electron chi connectivity index (χ0n) is 18.6. The van der Waals surface area contributed by atoms with E-state index in [1.165, 1.54) is 5.56 Å². The third kappa shape index (κ3) is 4.14. The minimum absolute atomic E-state index is 0.0288. The summed E-state index contributed by atoms with van der Waals surface area (Å²) in [5.74, 6) is 0.0113. The molecule has 0 aliphatic carbocycles. The van der Waals surface area contributed by atoms with E-state index in [4.69, 9.17) is 4.74 Å². The predicted molar refractivity (Wildman–Crippen MR) is 117 cm³/mol. The summed E-state index contributed by atoms with van der Waals surface area (Å²) in [6.45, 7) is 1.98. The monoisotopic (exact) mass is 427 g/mol. The van der Waals surface area contributed by atoms with Crippen molar-refractivity contribution in [3.63, 3.8) is 0 Å². The maximum absolute atomic E-state index is 13.1. The van der Waals surface area contributed by atoms with Crippen molar-refractivity contribution >= 4 is 5.91 Å². The molecule has 1 aromatic heterocycles. The molecule has 2 saturated heterocycles. The van der Waals surface area contributed by atoms with Crippen LogP contribution in [0.1, 0.15) is 61.0 Å². The van der Waals surface area contributed by atoms with Crippen LogP contribution >= 0.6 is 0 Å². The van der Waals surface area contributed by atoms with Gasteiger partial charge >= 0.3 is 0 Å². The first-order valence-corrected chi connectivity index (χ1v) is 11.1. The van der Waals surface area contributed by atoms with Gasteiger partial charge in [0.05, 0.1) is 17.2 Å². The Morgan fingerprint density at radius 2 is 2.03 bits per heavy atom. The standard InChI is InChI=1S/C24H33N3O4/c1-23-15-18(17-7-5-4-6-8-17)16-24(31-23,12-14-28)11-9-20(21(23)29)27(3)22(30)19-10-13-26(2)25-19/h4-8,10,13,18,20-21,28-29H,9,11-12,14-16H2,1-3H3/t18-,20+,21-,23+,24-/m1/s1. The van der Waals surface area contributed by atoms with Gasteiger partial charge in [-0.05, 0) is 56.6 Å². The minimum Gasteiger partial charge on any atom is -0.396 e. The van der Waals surface area contributed by atoms with Gasteiger partial charge in [-0.1, -0.05) is 30.3 Å². The number of fused-ring (bicyclic) bond motifs is 2. The van der Waals surface area contributed by atoms with Crippen LogP contribution in [0.15, 0.2) is 42.6 Å². The summed E-state index contributed by atoms with van der Waals surface area (Å²) in [5.41, 5.74) is 0.242. The second-order valence-corrected chi connectivity index (χ2v) is 9.43. The van der Waals surface area contributed by atoms with E-state index in [0.717, 1.165) is 6.42 Å². The van der Waals surface area contributed by atoms with Gasteiger partial charge in [0.25, 0.3) is 5.91 Å². The summed E-state index contributed by atoms with van der Waals surface area (Å²) in [6, 6.07) is 11.6. The molecule has 4 rings (SSSR count). The molecule has 2 aliphatic rings. The molecule has 0 radical (unpaired) electrons. The lowest BCUT2D eigenvalue weighted by molar-refractivity contribution is -0.225. The number of hydrogen-bond donors (Lipinski definition) is 2. The van der Waals surface area contributed by atoms with Gasteiger partial charge in [0.1, 0.15) is 11.8 Å². The van der Waals surface area contributed by atoms with Gasteiger partial charge in [0.15, 0.2) is 0 Å². The van der Waals surface area contributed by atoms with Crippen LogP contribution in [0.4, 0.5) is 0 Å². The first-order valence-electron chi connectivity index (χ1n) is 11.1. The van der Waals surface area contributed by atoms with Crippen molar-refractivity contribution in [2.75, 3.05) is 13.7 Å². The maximum atomic E-state index is 13.1. The number of aliphatic hydroxyl groups excluding tert-OH is 2. The Labute approximate surface area is 183 Å². The molecule has 2 N–H and O–H groups in total. The van der Waals surface area contributed by atoms with E-state index in [2.05, 4.69) is 17.2 Å². The van der Waals surface area contributed by atoms with Gasteiger partial charge in [-0.3, -0.25) is 9.48 Å². The van der Waals surface area contributed by atoms with Crippen LogP contribution in [0.2, 0.25) is 0 Å². The molecule has 7 heteroatoms. The molecule has 1 aromatic carbocycles. The minimum atomic E-state index is -0.850. The lowest BCUT2D eigenvalue weighted by atomic mass is 9.73. The molecule has 2 aromatic rings. The van der Waals surface area contributed by atoms with E-state index in [0.29, 0.717) is 31.4 Å². The van der Waals surface area contributed by atoms with Crippen LogP contribution in [0.25, 0.3) is 0 Å². The highest BCUT2D eigenvalue weighted by atomic mass is 16.5. The average Bonchev–Trinajstić information content (AvgIpc) is 3.17. The van der Waals surface area contributed by atoms with Crippen molar-refractivity contribution in [3.8, 4) is 0 Å². The summed E-state index contributed by atoms with van der Waals surface area (Å²) >= 11 is 0. The first-order chi connectivity index (χ1) is 14.8. The Balaban J connectivity index is 1.65. The molecule has 2 aliphatic heterocycles. The molecule has 1 amide bonds. The fourth-order valence-corrected chi connectivity index (χ4v) is 5.61. The number of aliphatic hydroxyl groups is 2. The number of hydrogen-bond acceptors (Lipinski definition) is 5. The van der Waals surface area contributed by atoms with E-state index >= 15 is 0 Å². The molecule has 5 atom stereocenters. The third-order valence-electron chi connectivity index (χ3n) is 7.19. The summed E-state index contributed by atoms with van der Waals surface area (Å²) in [4.78, 5) is 14.7. The molecule has 2 fully saturated rings. The van der Waals surface area contributed by atoms with Gasteiger partial charge in [0, 0.05) is 26.9 Å². The molecule has 0 spiro atoms. The van der Waals surface area contributed by atoms with Crippen LogP contribution in [-0.2, 0) is 11.8 Å². The number of aryl methyl sites for hydroxylation is 1. The average molecular weight is 428 g/mol.